The number of carboxylic acid groups (broad SMARTS) is 1. The highest BCUT2D eigenvalue weighted by molar-refractivity contribution is 5.78. The Labute approximate surface area is 169 Å². The van der Waals surface area contributed by atoms with E-state index in [1.807, 2.05) is 42.2 Å². The number of piperidine rings is 1. The number of hydrogen-bond acceptors (Lipinski definition) is 5. The molecule has 2 aliphatic rings. The average Bonchev–Trinajstić information content (AvgIpc) is 3.36. The van der Waals surface area contributed by atoms with E-state index >= 15 is 0 Å². The number of aliphatic carboxylic acids is 1. The molecule has 8 heteroatoms. The lowest BCUT2D eigenvalue weighted by atomic mass is 9.84. The summed E-state index contributed by atoms with van der Waals surface area (Å²) in [6.07, 6.45) is 2.13. The van der Waals surface area contributed by atoms with Gasteiger partial charge in [-0.2, -0.15) is 0 Å². The van der Waals surface area contributed by atoms with Crippen molar-refractivity contribution in [3.8, 4) is 5.69 Å². The predicted octanol–water partition coefficient (Wildman–Crippen LogP) is 1.85. The Balaban J connectivity index is 1.35. The van der Waals surface area contributed by atoms with E-state index in [4.69, 9.17) is 4.74 Å². The summed E-state index contributed by atoms with van der Waals surface area (Å²) in [7, 11) is 0. The SMILES string of the molecule is Cc1c(CC(=O)N2CCC([C@@H]3OCCC3C(=O)O)CC2)nnn1-c1ccccc1. The molecule has 154 valence electrons. The highest BCUT2D eigenvalue weighted by atomic mass is 16.5. The topological polar surface area (TPSA) is 97.6 Å². The number of amides is 1. The number of benzene rings is 1. The molecule has 1 aromatic heterocycles. The molecule has 2 atom stereocenters. The number of ether oxygens (including phenoxy) is 1. The van der Waals surface area contributed by atoms with Crippen LogP contribution in [-0.2, 0) is 20.7 Å². The van der Waals surface area contributed by atoms with Crippen LogP contribution in [0.3, 0.4) is 0 Å². The molecule has 2 saturated heterocycles. The van der Waals surface area contributed by atoms with Crippen LogP contribution in [0.25, 0.3) is 5.69 Å². The van der Waals surface area contributed by atoms with Gasteiger partial charge in [0.2, 0.25) is 5.91 Å². The van der Waals surface area contributed by atoms with E-state index in [0.717, 1.165) is 24.2 Å². The van der Waals surface area contributed by atoms with E-state index in [9.17, 15) is 14.7 Å². The number of carboxylic acids is 1. The maximum atomic E-state index is 12.8. The van der Waals surface area contributed by atoms with Gasteiger partial charge in [-0.3, -0.25) is 9.59 Å². The van der Waals surface area contributed by atoms with Crippen LogP contribution < -0.4 is 0 Å². The van der Waals surface area contributed by atoms with Gasteiger partial charge in [0, 0.05) is 19.7 Å². The molecule has 4 rings (SSSR count). The van der Waals surface area contributed by atoms with E-state index in [-0.39, 0.29) is 24.3 Å². The number of para-hydroxylation sites is 1. The summed E-state index contributed by atoms with van der Waals surface area (Å²) in [5, 5.41) is 17.8. The van der Waals surface area contributed by atoms with Gasteiger partial charge in [0.05, 0.1) is 35.5 Å². The van der Waals surface area contributed by atoms with Crippen LogP contribution >= 0.6 is 0 Å². The molecular weight excluding hydrogens is 372 g/mol. The van der Waals surface area contributed by atoms with Crippen molar-refractivity contribution in [2.75, 3.05) is 19.7 Å². The maximum Gasteiger partial charge on any atom is 0.309 e. The van der Waals surface area contributed by atoms with Crippen molar-refractivity contribution in [3.05, 3.63) is 41.7 Å². The predicted molar refractivity (Wildman–Crippen MR) is 105 cm³/mol. The normalized spacial score (nSPS) is 22.7. The smallest absolute Gasteiger partial charge is 0.309 e. The molecule has 2 aromatic rings. The largest absolute Gasteiger partial charge is 0.481 e. The van der Waals surface area contributed by atoms with Crippen LogP contribution in [0.4, 0.5) is 0 Å². The molecule has 2 aliphatic heterocycles. The van der Waals surface area contributed by atoms with E-state index in [0.29, 0.717) is 31.8 Å². The molecular formula is C21H26N4O4. The fourth-order valence-electron chi connectivity index (χ4n) is 4.41. The number of carbonyl (C=O) groups is 2. The molecule has 2 fully saturated rings. The fourth-order valence-corrected chi connectivity index (χ4v) is 4.41. The number of hydrogen-bond donors (Lipinski definition) is 1. The van der Waals surface area contributed by atoms with Crippen LogP contribution in [0.2, 0.25) is 0 Å². The van der Waals surface area contributed by atoms with Crippen LogP contribution in [0.5, 0.6) is 0 Å². The molecule has 1 aromatic carbocycles. The third-order valence-corrected chi connectivity index (χ3v) is 6.12. The summed E-state index contributed by atoms with van der Waals surface area (Å²) in [4.78, 5) is 26.0. The summed E-state index contributed by atoms with van der Waals surface area (Å²) in [6.45, 7) is 3.69. The Kier molecular flexibility index (Phi) is 5.62. The number of rotatable bonds is 5. The quantitative estimate of drug-likeness (QED) is 0.825. The van der Waals surface area contributed by atoms with Crippen molar-refractivity contribution in [2.45, 2.75) is 38.7 Å². The molecule has 1 N–H and O–H groups in total. The summed E-state index contributed by atoms with van der Waals surface area (Å²) in [6, 6.07) is 9.73. The Morgan fingerprint density at radius 2 is 1.90 bits per heavy atom. The molecule has 0 bridgehead atoms. The highest BCUT2D eigenvalue weighted by Gasteiger charge is 2.40. The number of carbonyl (C=O) groups excluding carboxylic acids is 1. The number of nitrogens with zero attached hydrogens (tertiary/aromatic N) is 4. The Bertz CT molecular complexity index is 874. The second-order valence-corrected chi connectivity index (χ2v) is 7.83. The first-order valence-electron chi connectivity index (χ1n) is 10.1. The van der Waals surface area contributed by atoms with Gasteiger partial charge in [-0.05, 0) is 44.2 Å². The molecule has 0 saturated carbocycles. The third-order valence-electron chi connectivity index (χ3n) is 6.12. The minimum absolute atomic E-state index is 0.0359. The molecule has 0 spiro atoms. The fraction of sp³-hybridized carbons (Fsp3) is 0.524. The zero-order valence-corrected chi connectivity index (χ0v) is 16.5. The van der Waals surface area contributed by atoms with Crippen molar-refractivity contribution >= 4 is 11.9 Å². The van der Waals surface area contributed by atoms with Gasteiger partial charge in [0.15, 0.2) is 0 Å². The van der Waals surface area contributed by atoms with Gasteiger partial charge < -0.3 is 14.7 Å². The zero-order valence-electron chi connectivity index (χ0n) is 16.5. The van der Waals surface area contributed by atoms with Gasteiger partial charge in [0.25, 0.3) is 0 Å². The van der Waals surface area contributed by atoms with Crippen LogP contribution in [-0.4, -0.2) is 62.7 Å². The third kappa shape index (κ3) is 4.03. The van der Waals surface area contributed by atoms with E-state index < -0.39 is 11.9 Å². The molecule has 3 heterocycles. The van der Waals surface area contributed by atoms with Crippen LogP contribution in [0.1, 0.15) is 30.7 Å². The van der Waals surface area contributed by atoms with Gasteiger partial charge in [-0.15, -0.1) is 5.10 Å². The van der Waals surface area contributed by atoms with Crippen molar-refractivity contribution < 1.29 is 19.4 Å². The van der Waals surface area contributed by atoms with E-state index in [1.165, 1.54) is 0 Å². The Hall–Kier alpha value is -2.74. The monoisotopic (exact) mass is 398 g/mol. The summed E-state index contributed by atoms with van der Waals surface area (Å²) in [5.74, 6) is -0.960. The second-order valence-electron chi connectivity index (χ2n) is 7.83. The van der Waals surface area contributed by atoms with Gasteiger partial charge in [0.1, 0.15) is 0 Å². The van der Waals surface area contributed by atoms with Crippen molar-refractivity contribution in [3.63, 3.8) is 0 Å². The van der Waals surface area contributed by atoms with Gasteiger partial charge in [-0.1, -0.05) is 23.4 Å². The lowest BCUT2D eigenvalue weighted by Gasteiger charge is -2.35. The number of likely N-dealkylation sites (tertiary alicyclic amines) is 1. The van der Waals surface area contributed by atoms with Gasteiger partial charge in [-0.25, -0.2) is 4.68 Å². The van der Waals surface area contributed by atoms with Crippen molar-refractivity contribution in [2.24, 2.45) is 11.8 Å². The minimum Gasteiger partial charge on any atom is -0.481 e. The van der Waals surface area contributed by atoms with Crippen molar-refractivity contribution in [1.82, 2.24) is 19.9 Å². The molecule has 1 unspecified atom stereocenters. The maximum absolute atomic E-state index is 12.8. The van der Waals surface area contributed by atoms with Crippen molar-refractivity contribution in [1.29, 1.82) is 0 Å². The molecule has 29 heavy (non-hydrogen) atoms. The van der Waals surface area contributed by atoms with Gasteiger partial charge >= 0.3 is 5.97 Å². The molecule has 1 amide bonds. The lowest BCUT2D eigenvalue weighted by Crippen LogP contribution is -2.43. The highest BCUT2D eigenvalue weighted by Crippen LogP contribution is 2.33. The average molecular weight is 398 g/mol. The lowest BCUT2D eigenvalue weighted by molar-refractivity contribution is -0.145. The Morgan fingerprint density at radius 3 is 2.59 bits per heavy atom. The summed E-state index contributed by atoms with van der Waals surface area (Å²) < 4.78 is 7.46. The summed E-state index contributed by atoms with van der Waals surface area (Å²) in [5.41, 5.74) is 2.47. The molecule has 0 radical (unpaired) electrons. The van der Waals surface area contributed by atoms with Crippen LogP contribution in [0.15, 0.2) is 30.3 Å². The standard InChI is InChI=1S/C21H26N4O4/c1-14-18(22-23-25(14)16-5-3-2-4-6-16)13-19(26)24-10-7-15(8-11-24)20-17(21(27)28)9-12-29-20/h2-6,15,17,20H,7-13H2,1H3,(H,27,28)/t17?,20-/m0/s1. The first kappa shape index (κ1) is 19.6. The first-order valence-corrected chi connectivity index (χ1v) is 10.1. The molecule has 0 aliphatic carbocycles. The summed E-state index contributed by atoms with van der Waals surface area (Å²) >= 11 is 0. The second kappa shape index (κ2) is 8.32. The van der Waals surface area contributed by atoms with E-state index in [1.54, 1.807) is 4.68 Å². The Morgan fingerprint density at radius 1 is 1.17 bits per heavy atom. The molecule has 8 nitrogen and oxygen atoms in total. The van der Waals surface area contributed by atoms with E-state index in [2.05, 4.69) is 10.3 Å². The first-order chi connectivity index (χ1) is 14.0. The van der Waals surface area contributed by atoms with Crippen LogP contribution in [0, 0.1) is 18.8 Å². The zero-order chi connectivity index (χ0) is 20.4. The minimum atomic E-state index is -0.775. The number of aromatic nitrogens is 3.